The van der Waals surface area contributed by atoms with E-state index >= 15 is 0 Å². The quantitative estimate of drug-likeness (QED) is 0.582. The lowest BCUT2D eigenvalue weighted by atomic mass is 9.76. The lowest BCUT2D eigenvalue weighted by Gasteiger charge is -2.31. The molecule has 118 valence electrons. The first-order valence-corrected chi connectivity index (χ1v) is 8.13. The zero-order chi connectivity index (χ0) is 16.4. The molecule has 0 unspecified atom stereocenters. The lowest BCUT2D eigenvalue weighted by molar-refractivity contribution is 0.209. The van der Waals surface area contributed by atoms with E-state index in [9.17, 15) is 4.39 Å². The van der Waals surface area contributed by atoms with Gasteiger partial charge in [-0.15, -0.1) is 0 Å². The highest BCUT2D eigenvalue weighted by atomic mass is 19.1. The van der Waals surface area contributed by atoms with E-state index in [2.05, 4.69) is 17.1 Å². The second-order valence-electron chi connectivity index (χ2n) is 6.52. The van der Waals surface area contributed by atoms with Gasteiger partial charge in [0, 0.05) is 22.6 Å². The molecule has 0 saturated carbocycles. The van der Waals surface area contributed by atoms with Crippen LogP contribution < -0.4 is 0 Å². The van der Waals surface area contributed by atoms with Gasteiger partial charge in [-0.25, -0.2) is 4.39 Å². The molecule has 23 heavy (non-hydrogen) atoms. The number of pyridine rings is 1. The highest BCUT2D eigenvalue weighted by molar-refractivity contribution is 5.95. The highest BCUT2D eigenvalue weighted by Gasteiger charge is 2.32. The summed E-state index contributed by atoms with van der Waals surface area (Å²) in [6.07, 6.45) is 1.44. The summed E-state index contributed by atoms with van der Waals surface area (Å²) in [6.45, 7) is 5.85. The molecule has 1 nitrogen and oxygen atoms in total. The predicted octanol–water partition coefficient (Wildman–Crippen LogP) is 5.93. The Labute approximate surface area is 137 Å². The molecule has 0 aliphatic carbocycles. The maximum absolute atomic E-state index is 14.6. The zero-order valence-corrected chi connectivity index (χ0v) is 13.9. The first-order valence-electron chi connectivity index (χ1n) is 8.13. The molecule has 1 atom stereocenters. The van der Waals surface area contributed by atoms with Gasteiger partial charge >= 0.3 is 0 Å². The second kappa shape index (κ2) is 6.11. The van der Waals surface area contributed by atoms with Crippen LogP contribution >= 0.6 is 0 Å². The smallest absolute Gasteiger partial charge is 0.109 e. The van der Waals surface area contributed by atoms with Gasteiger partial charge < -0.3 is 0 Å². The van der Waals surface area contributed by atoms with Crippen LogP contribution in [-0.4, -0.2) is 11.2 Å². The molecule has 0 fully saturated rings. The van der Waals surface area contributed by atoms with Crippen LogP contribution in [0.4, 0.5) is 4.39 Å². The molecule has 2 heteroatoms. The Morgan fingerprint density at radius 3 is 2.48 bits per heavy atom. The monoisotopic (exact) mass is 307 g/mol. The van der Waals surface area contributed by atoms with Gasteiger partial charge in [-0.3, -0.25) is 4.98 Å². The number of alkyl halides is 1. The molecule has 0 spiro atoms. The number of halogens is 1. The van der Waals surface area contributed by atoms with Crippen LogP contribution in [0.5, 0.6) is 0 Å². The summed E-state index contributed by atoms with van der Waals surface area (Å²) in [5.74, 6) is 0. The van der Waals surface area contributed by atoms with Crippen molar-refractivity contribution in [3.05, 3.63) is 66.4 Å². The third-order valence-electron chi connectivity index (χ3n) is 4.69. The summed E-state index contributed by atoms with van der Waals surface area (Å²) in [5.41, 5.74) is 2.41. The van der Waals surface area contributed by atoms with E-state index in [1.807, 2.05) is 69.4 Å². The standard InChI is InChI=1S/C21H22FN/c1-4-19(22)21(2,3)18-12-8-7-11-17(18)20-16-10-6-5-9-15(16)13-14-23-20/h5-14,19H,4H2,1-3H3/t19-/m1/s1. The van der Waals surface area contributed by atoms with Crippen LogP contribution in [0.2, 0.25) is 0 Å². The number of fused-ring (bicyclic) bond motifs is 1. The summed E-state index contributed by atoms with van der Waals surface area (Å²) in [4.78, 5) is 4.61. The Morgan fingerprint density at radius 1 is 1.00 bits per heavy atom. The fourth-order valence-corrected chi connectivity index (χ4v) is 3.26. The van der Waals surface area contributed by atoms with Gasteiger partial charge in [-0.2, -0.15) is 0 Å². The molecule has 0 bridgehead atoms. The lowest BCUT2D eigenvalue weighted by Crippen LogP contribution is -2.30. The van der Waals surface area contributed by atoms with Gasteiger partial charge in [0.2, 0.25) is 0 Å². The average molecular weight is 307 g/mol. The Hall–Kier alpha value is -2.22. The molecule has 0 N–H and O–H groups in total. The van der Waals surface area contributed by atoms with Crippen molar-refractivity contribution < 1.29 is 4.39 Å². The fraction of sp³-hybridized carbons (Fsp3) is 0.286. The Bertz CT molecular complexity index is 817. The summed E-state index contributed by atoms with van der Waals surface area (Å²) in [7, 11) is 0. The van der Waals surface area contributed by atoms with Crippen molar-refractivity contribution >= 4 is 10.8 Å². The van der Waals surface area contributed by atoms with Gasteiger partial charge in [0.25, 0.3) is 0 Å². The molecule has 3 aromatic rings. The van der Waals surface area contributed by atoms with Crippen LogP contribution in [0.3, 0.4) is 0 Å². The van der Waals surface area contributed by atoms with Crippen LogP contribution in [0, 0.1) is 0 Å². The van der Waals surface area contributed by atoms with Gasteiger partial charge in [0.1, 0.15) is 6.17 Å². The number of benzene rings is 2. The Kier molecular flexibility index (Phi) is 4.16. The number of hydrogen-bond acceptors (Lipinski definition) is 1. The normalized spacial score (nSPS) is 13.2. The second-order valence-corrected chi connectivity index (χ2v) is 6.52. The van der Waals surface area contributed by atoms with E-state index in [1.54, 1.807) is 0 Å². The number of nitrogens with zero attached hydrogens (tertiary/aromatic N) is 1. The van der Waals surface area contributed by atoms with Crippen molar-refractivity contribution in [2.45, 2.75) is 38.8 Å². The van der Waals surface area contributed by atoms with E-state index in [4.69, 9.17) is 0 Å². The van der Waals surface area contributed by atoms with Crippen molar-refractivity contribution in [3.8, 4) is 11.3 Å². The van der Waals surface area contributed by atoms with E-state index in [0.717, 1.165) is 27.6 Å². The summed E-state index contributed by atoms with van der Waals surface area (Å²) in [6, 6.07) is 18.3. The molecule has 3 rings (SSSR count). The topological polar surface area (TPSA) is 12.9 Å². The van der Waals surface area contributed by atoms with Gasteiger partial charge in [0.15, 0.2) is 0 Å². The van der Waals surface area contributed by atoms with Gasteiger partial charge in [-0.05, 0) is 23.4 Å². The molecule has 1 aromatic heterocycles. The average Bonchev–Trinajstić information content (AvgIpc) is 2.60. The van der Waals surface area contributed by atoms with E-state index in [1.165, 1.54) is 0 Å². The van der Waals surface area contributed by atoms with Crippen molar-refractivity contribution in [1.82, 2.24) is 4.98 Å². The Balaban J connectivity index is 2.25. The van der Waals surface area contributed by atoms with E-state index in [-0.39, 0.29) is 0 Å². The Morgan fingerprint density at radius 2 is 1.70 bits per heavy atom. The molecule has 0 amide bonds. The van der Waals surface area contributed by atoms with Gasteiger partial charge in [0.05, 0.1) is 5.69 Å². The predicted molar refractivity (Wildman–Crippen MR) is 95.4 cm³/mol. The molecule has 0 radical (unpaired) electrons. The molecule has 2 aromatic carbocycles. The first kappa shape index (κ1) is 15.7. The number of hydrogen-bond donors (Lipinski definition) is 0. The maximum Gasteiger partial charge on any atom is 0.109 e. The molecule has 0 aliphatic heterocycles. The van der Waals surface area contributed by atoms with Crippen molar-refractivity contribution in [3.63, 3.8) is 0 Å². The molecule has 0 aliphatic rings. The highest BCUT2D eigenvalue weighted by Crippen LogP contribution is 2.38. The molecule has 1 heterocycles. The van der Waals surface area contributed by atoms with Crippen LogP contribution in [0.25, 0.3) is 22.0 Å². The number of aromatic nitrogens is 1. The minimum Gasteiger partial charge on any atom is -0.256 e. The minimum atomic E-state index is -0.890. The minimum absolute atomic E-state index is 0.504. The summed E-state index contributed by atoms with van der Waals surface area (Å²) < 4.78 is 14.6. The first-order chi connectivity index (χ1) is 11.1. The van der Waals surface area contributed by atoms with E-state index in [0.29, 0.717) is 6.42 Å². The van der Waals surface area contributed by atoms with Crippen LogP contribution in [0.1, 0.15) is 32.8 Å². The maximum atomic E-state index is 14.6. The molecule has 0 saturated heterocycles. The summed E-state index contributed by atoms with van der Waals surface area (Å²) >= 11 is 0. The largest absolute Gasteiger partial charge is 0.256 e. The third kappa shape index (κ3) is 2.74. The summed E-state index contributed by atoms with van der Waals surface area (Å²) in [5, 5.41) is 2.25. The van der Waals surface area contributed by atoms with Crippen molar-refractivity contribution in [2.24, 2.45) is 0 Å². The van der Waals surface area contributed by atoms with Gasteiger partial charge in [-0.1, -0.05) is 69.3 Å². The van der Waals surface area contributed by atoms with Crippen molar-refractivity contribution in [2.75, 3.05) is 0 Å². The molecular formula is C21H22FN. The van der Waals surface area contributed by atoms with Crippen LogP contribution in [0.15, 0.2) is 60.8 Å². The van der Waals surface area contributed by atoms with Crippen LogP contribution in [-0.2, 0) is 5.41 Å². The third-order valence-corrected chi connectivity index (χ3v) is 4.69. The number of rotatable bonds is 4. The molecular weight excluding hydrogens is 285 g/mol. The fourth-order valence-electron chi connectivity index (χ4n) is 3.26. The van der Waals surface area contributed by atoms with E-state index < -0.39 is 11.6 Å². The zero-order valence-electron chi connectivity index (χ0n) is 13.9. The van der Waals surface area contributed by atoms with Crippen molar-refractivity contribution in [1.29, 1.82) is 0 Å². The SMILES string of the molecule is CC[C@@H](F)C(C)(C)c1ccccc1-c1nccc2ccccc12.